The van der Waals surface area contributed by atoms with Crippen LogP contribution in [-0.2, 0) is 11.3 Å². The molecule has 0 saturated heterocycles. The summed E-state index contributed by atoms with van der Waals surface area (Å²) >= 11 is 0. The molecule has 0 spiro atoms. The smallest absolute Gasteiger partial charge is 0.184 e. The molecule has 0 aliphatic heterocycles. The van der Waals surface area contributed by atoms with Crippen LogP contribution in [0.25, 0.3) is 11.4 Å². The van der Waals surface area contributed by atoms with Crippen LogP contribution < -0.4 is 5.73 Å². The van der Waals surface area contributed by atoms with Gasteiger partial charge in [-0.15, -0.1) is 5.10 Å². The molecule has 114 valence electrons. The SMILES string of the molecule is Cc1ccc(N)c(-c2nnnn2CCCCOC(C)C)c1. The molecule has 6 heteroatoms. The molecule has 2 rings (SSSR count). The van der Waals surface area contributed by atoms with E-state index in [-0.39, 0.29) is 6.10 Å². The highest BCUT2D eigenvalue weighted by atomic mass is 16.5. The number of ether oxygens (including phenoxy) is 1. The van der Waals surface area contributed by atoms with Crippen LogP contribution in [0.1, 0.15) is 32.3 Å². The highest BCUT2D eigenvalue weighted by Gasteiger charge is 2.11. The maximum atomic E-state index is 6.03. The first-order chi connectivity index (χ1) is 10.1. The van der Waals surface area contributed by atoms with Crippen molar-refractivity contribution in [3.05, 3.63) is 23.8 Å². The molecule has 0 fully saturated rings. The Balaban J connectivity index is 2.00. The van der Waals surface area contributed by atoms with Crippen LogP contribution in [-0.4, -0.2) is 32.9 Å². The van der Waals surface area contributed by atoms with Gasteiger partial charge in [0.25, 0.3) is 0 Å². The van der Waals surface area contributed by atoms with Crippen LogP contribution in [0.4, 0.5) is 5.69 Å². The lowest BCUT2D eigenvalue weighted by atomic mass is 10.1. The number of unbranched alkanes of at least 4 members (excludes halogenated alkanes) is 1. The van der Waals surface area contributed by atoms with Crippen LogP contribution in [0, 0.1) is 6.92 Å². The molecule has 0 bridgehead atoms. The fourth-order valence-electron chi connectivity index (χ4n) is 2.09. The number of hydrogen-bond donors (Lipinski definition) is 1. The highest BCUT2D eigenvalue weighted by molar-refractivity contribution is 5.71. The van der Waals surface area contributed by atoms with Crippen LogP contribution >= 0.6 is 0 Å². The van der Waals surface area contributed by atoms with Crippen molar-refractivity contribution >= 4 is 5.69 Å². The predicted molar refractivity (Wildman–Crippen MR) is 82.7 cm³/mol. The molecule has 2 N–H and O–H groups in total. The maximum absolute atomic E-state index is 6.03. The molecule has 6 nitrogen and oxygen atoms in total. The third-order valence-electron chi connectivity index (χ3n) is 3.20. The van der Waals surface area contributed by atoms with E-state index in [1.165, 1.54) is 0 Å². The lowest BCUT2D eigenvalue weighted by Crippen LogP contribution is -2.07. The molecule has 0 saturated carbocycles. The van der Waals surface area contributed by atoms with Gasteiger partial charge in [-0.1, -0.05) is 11.6 Å². The highest BCUT2D eigenvalue weighted by Crippen LogP contribution is 2.24. The van der Waals surface area contributed by atoms with Gasteiger partial charge in [0.15, 0.2) is 5.82 Å². The van der Waals surface area contributed by atoms with Gasteiger partial charge in [0.05, 0.1) is 6.10 Å². The Morgan fingerprint density at radius 2 is 2.10 bits per heavy atom. The number of aromatic nitrogens is 4. The minimum absolute atomic E-state index is 0.278. The lowest BCUT2D eigenvalue weighted by Gasteiger charge is -2.09. The first-order valence-electron chi connectivity index (χ1n) is 7.32. The number of nitrogens with two attached hydrogens (primary N) is 1. The molecule has 0 unspecified atom stereocenters. The van der Waals surface area contributed by atoms with E-state index >= 15 is 0 Å². The summed E-state index contributed by atoms with van der Waals surface area (Å²) in [4.78, 5) is 0. The van der Waals surface area contributed by atoms with Crippen molar-refractivity contribution < 1.29 is 4.74 Å². The second-order valence-electron chi connectivity index (χ2n) is 5.44. The van der Waals surface area contributed by atoms with Crippen molar-refractivity contribution in [3.8, 4) is 11.4 Å². The van der Waals surface area contributed by atoms with E-state index in [4.69, 9.17) is 10.5 Å². The topological polar surface area (TPSA) is 78.9 Å². The van der Waals surface area contributed by atoms with E-state index in [0.29, 0.717) is 5.69 Å². The second-order valence-corrected chi connectivity index (χ2v) is 5.44. The second kappa shape index (κ2) is 7.17. The molecule has 0 amide bonds. The molecule has 1 aromatic heterocycles. The van der Waals surface area contributed by atoms with E-state index in [1.54, 1.807) is 4.68 Å². The number of aryl methyl sites for hydroxylation is 2. The lowest BCUT2D eigenvalue weighted by molar-refractivity contribution is 0.0753. The maximum Gasteiger partial charge on any atom is 0.184 e. The van der Waals surface area contributed by atoms with E-state index in [2.05, 4.69) is 15.5 Å². The van der Waals surface area contributed by atoms with Crippen molar-refractivity contribution in [2.75, 3.05) is 12.3 Å². The van der Waals surface area contributed by atoms with Gasteiger partial charge < -0.3 is 10.5 Å². The van der Waals surface area contributed by atoms with E-state index in [9.17, 15) is 0 Å². The summed E-state index contributed by atoms with van der Waals surface area (Å²) < 4.78 is 7.34. The zero-order valence-corrected chi connectivity index (χ0v) is 12.9. The third-order valence-corrected chi connectivity index (χ3v) is 3.20. The molecule has 0 aliphatic rings. The summed E-state index contributed by atoms with van der Waals surface area (Å²) in [6.45, 7) is 7.64. The average Bonchev–Trinajstić information content (AvgIpc) is 2.89. The van der Waals surface area contributed by atoms with Crippen molar-refractivity contribution in [1.82, 2.24) is 20.2 Å². The van der Waals surface area contributed by atoms with Crippen molar-refractivity contribution in [2.24, 2.45) is 0 Å². The van der Waals surface area contributed by atoms with E-state index < -0.39 is 0 Å². The number of anilines is 1. The van der Waals surface area contributed by atoms with Crippen molar-refractivity contribution in [3.63, 3.8) is 0 Å². The van der Waals surface area contributed by atoms with Crippen LogP contribution in [0.15, 0.2) is 18.2 Å². The molecular formula is C15H23N5O. The van der Waals surface area contributed by atoms with Crippen molar-refractivity contribution in [2.45, 2.75) is 46.3 Å². The normalized spacial score (nSPS) is 11.2. The van der Waals surface area contributed by atoms with Crippen molar-refractivity contribution in [1.29, 1.82) is 0 Å². The van der Waals surface area contributed by atoms with Crippen LogP contribution in [0.5, 0.6) is 0 Å². The molecule has 1 heterocycles. The van der Waals surface area contributed by atoms with E-state index in [0.717, 1.165) is 42.9 Å². The zero-order chi connectivity index (χ0) is 15.2. The molecule has 2 aromatic rings. The van der Waals surface area contributed by atoms with Crippen LogP contribution in [0.2, 0.25) is 0 Å². The predicted octanol–water partition coefficient (Wildman–Crippen LogP) is 2.44. The van der Waals surface area contributed by atoms with Gasteiger partial charge in [-0.25, -0.2) is 4.68 Å². The Morgan fingerprint density at radius 1 is 1.29 bits per heavy atom. The Bertz CT molecular complexity index is 579. The molecule has 1 aromatic carbocycles. The molecule has 21 heavy (non-hydrogen) atoms. The fourth-order valence-corrected chi connectivity index (χ4v) is 2.09. The summed E-state index contributed by atoms with van der Waals surface area (Å²) in [5.74, 6) is 0.723. The first kappa shape index (κ1) is 15.4. The average molecular weight is 289 g/mol. The standard InChI is InChI=1S/C15H23N5O/c1-11(2)21-9-5-4-8-20-15(17-18-19-20)13-10-12(3)6-7-14(13)16/h6-7,10-11H,4-5,8-9,16H2,1-3H3. The number of nitrogens with zero attached hydrogens (tertiary/aromatic N) is 4. The molecular weight excluding hydrogens is 266 g/mol. The number of rotatable bonds is 7. The van der Waals surface area contributed by atoms with Gasteiger partial charge in [0.1, 0.15) is 0 Å². The molecule has 0 atom stereocenters. The summed E-state index contributed by atoms with van der Waals surface area (Å²) in [5, 5.41) is 11.9. The zero-order valence-electron chi connectivity index (χ0n) is 12.9. The number of hydrogen-bond acceptors (Lipinski definition) is 5. The summed E-state index contributed by atoms with van der Waals surface area (Å²) in [6, 6.07) is 5.88. The molecule has 0 radical (unpaired) electrons. The minimum atomic E-state index is 0.278. The summed E-state index contributed by atoms with van der Waals surface area (Å²) in [7, 11) is 0. The number of nitrogen functional groups attached to an aromatic ring is 1. The van der Waals surface area contributed by atoms with Gasteiger partial charge in [0, 0.05) is 24.4 Å². The number of tetrazole rings is 1. The van der Waals surface area contributed by atoms with E-state index in [1.807, 2.05) is 39.0 Å². The van der Waals surface area contributed by atoms with Gasteiger partial charge in [0.2, 0.25) is 0 Å². The third kappa shape index (κ3) is 4.26. The summed E-state index contributed by atoms with van der Waals surface area (Å²) in [5.41, 5.74) is 8.75. The largest absolute Gasteiger partial charge is 0.398 e. The molecule has 0 aliphatic carbocycles. The monoisotopic (exact) mass is 289 g/mol. The first-order valence-corrected chi connectivity index (χ1v) is 7.32. The number of benzene rings is 1. The Kier molecular flexibility index (Phi) is 5.27. The Hall–Kier alpha value is -1.95. The summed E-state index contributed by atoms with van der Waals surface area (Å²) in [6.07, 6.45) is 2.23. The van der Waals surface area contributed by atoms with Gasteiger partial charge in [-0.05, 0) is 56.2 Å². The van der Waals surface area contributed by atoms with Crippen LogP contribution in [0.3, 0.4) is 0 Å². The Labute approximate surface area is 125 Å². The fraction of sp³-hybridized carbons (Fsp3) is 0.533. The minimum Gasteiger partial charge on any atom is -0.398 e. The Morgan fingerprint density at radius 3 is 2.86 bits per heavy atom. The van der Waals surface area contributed by atoms with Gasteiger partial charge in [-0.3, -0.25) is 0 Å². The van der Waals surface area contributed by atoms with Gasteiger partial charge >= 0.3 is 0 Å². The van der Waals surface area contributed by atoms with Gasteiger partial charge in [-0.2, -0.15) is 0 Å². The quantitative estimate of drug-likeness (QED) is 0.625.